The van der Waals surface area contributed by atoms with Crippen molar-refractivity contribution in [2.24, 2.45) is 17.8 Å². The summed E-state index contributed by atoms with van der Waals surface area (Å²) in [6.07, 6.45) is -1.78. The summed E-state index contributed by atoms with van der Waals surface area (Å²) in [6, 6.07) is 5.51. The Bertz CT molecular complexity index is 958. The highest BCUT2D eigenvalue weighted by Gasteiger charge is 2.54. The van der Waals surface area contributed by atoms with E-state index in [1.165, 1.54) is 18.3 Å². The second-order valence-electron chi connectivity index (χ2n) is 7.50. The molecule has 2 saturated carbocycles. The van der Waals surface area contributed by atoms with Crippen LogP contribution in [0.25, 0.3) is 0 Å². The minimum absolute atomic E-state index is 0.00176. The molecule has 0 spiro atoms. The maximum absolute atomic E-state index is 13.1. The van der Waals surface area contributed by atoms with Gasteiger partial charge in [0.1, 0.15) is 5.75 Å². The average molecular weight is 392 g/mol. The number of benzene rings is 1. The predicted octanol–water partition coefficient (Wildman–Crippen LogP) is 4.07. The van der Waals surface area contributed by atoms with Gasteiger partial charge in [-0.1, -0.05) is 6.92 Å². The lowest BCUT2D eigenvalue weighted by molar-refractivity contribution is -0.137. The van der Waals surface area contributed by atoms with Gasteiger partial charge in [-0.15, -0.1) is 0 Å². The van der Waals surface area contributed by atoms with E-state index in [0.29, 0.717) is 17.8 Å². The zero-order chi connectivity index (χ0) is 20.1. The zero-order valence-electron chi connectivity index (χ0n) is 15.0. The zero-order valence-corrected chi connectivity index (χ0v) is 15.0. The number of amides is 1. The molecule has 1 amide bonds. The van der Waals surface area contributed by atoms with Crippen LogP contribution in [0.15, 0.2) is 41.3 Å². The van der Waals surface area contributed by atoms with Crippen LogP contribution in [0, 0.1) is 17.8 Å². The van der Waals surface area contributed by atoms with E-state index in [2.05, 4.69) is 17.2 Å². The van der Waals surface area contributed by atoms with Crippen molar-refractivity contribution in [2.45, 2.75) is 32.0 Å². The Morgan fingerprint density at radius 1 is 1.18 bits per heavy atom. The first kappa shape index (κ1) is 18.6. The number of pyridine rings is 1. The summed E-state index contributed by atoms with van der Waals surface area (Å²) < 4.78 is 45.2. The summed E-state index contributed by atoms with van der Waals surface area (Å²) in [4.78, 5) is 26.4. The lowest BCUT2D eigenvalue weighted by Gasteiger charge is -2.20. The second-order valence-corrected chi connectivity index (χ2v) is 7.50. The smallest absolute Gasteiger partial charge is 0.416 e. The normalized spacial score (nSPS) is 25.9. The number of H-pyrrole nitrogens is 1. The number of carbonyl (C=O) groups is 1. The third-order valence-corrected chi connectivity index (χ3v) is 5.71. The Morgan fingerprint density at radius 3 is 2.54 bits per heavy atom. The number of nitrogens with one attached hydrogen (secondary N) is 2. The Labute approximate surface area is 158 Å². The van der Waals surface area contributed by atoms with Crippen molar-refractivity contribution in [2.75, 3.05) is 5.32 Å². The van der Waals surface area contributed by atoms with Crippen molar-refractivity contribution in [3.05, 3.63) is 58.0 Å². The third kappa shape index (κ3) is 3.63. The molecule has 2 aliphatic carbocycles. The fraction of sp³-hybridized carbons (Fsp3) is 0.400. The predicted molar refractivity (Wildman–Crippen MR) is 96.3 cm³/mol. The topological polar surface area (TPSA) is 71.2 Å². The van der Waals surface area contributed by atoms with Crippen LogP contribution in [-0.2, 0) is 6.18 Å². The molecule has 1 aromatic heterocycles. The van der Waals surface area contributed by atoms with E-state index < -0.39 is 23.2 Å². The number of fused-ring (bicyclic) bond motifs is 1. The maximum Gasteiger partial charge on any atom is 0.416 e. The van der Waals surface area contributed by atoms with Crippen molar-refractivity contribution in [3.8, 4) is 5.75 Å². The maximum atomic E-state index is 13.1. The van der Waals surface area contributed by atoms with Gasteiger partial charge in [-0.25, -0.2) is 0 Å². The molecule has 2 unspecified atom stereocenters. The van der Waals surface area contributed by atoms with Gasteiger partial charge < -0.3 is 15.0 Å². The first-order valence-corrected chi connectivity index (χ1v) is 9.10. The largest absolute Gasteiger partial charge is 0.490 e. The molecule has 5 nitrogen and oxygen atoms in total. The van der Waals surface area contributed by atoms with E-state index in [0.717, 1.165) is 31.0 Å². The summed E-state index contributed by atoms with van der Waals surface area (Å²) in [5.74, 6) is 1.04. The first-order chi connectivity index (χ1) is 13.2. The van der Waals surface area contributed by atoms with Gasteiger partial charge in [0.2, 0.25) is 5.56 Å². The molecule has 148 valence electrons. The fourth-order valence-electron chi connectivity index (χ4n) is 4.10. The minimum atomic E-state index is -4.54. The summed E-state index contributed by atoms with van der Waals surface area (Å²) >= 11 is 0. The molecule has 2 N–H and O–H groups in total. The van der Waals surface area contributed by atoms with E-state index in [1.807, 2.05) is 0 Å². The number of ether oxygens (including phenoxy) is 1. The van der Waals surface area contributed by atoms with Crippen LogP contribution in [0.4, 0.5) is 18.9 Å². The number of halogens is 3. The molecule has 2 aliphatic rings. The summed E-state index contributed by atoms with van der Waals surface area (Å²) in [6.45, 7) is 2.16. The molecule has 4 rings (SSSR count). The van der Waals surface area contributed by atoms with Crippen LogP contribution < -0.4 is 15.6 Å². The fourth-order valence-corrected chi connectivity index (χ4v) is 4.10. The van der Waals surface area contributed by atoms with E-state index in [4.69, 9.17) is 4.74 Å². The van der Waals surface area contributed by atoms with Crippen molar-refractivity contribution < 1.29 is 22.7 Å². The Morgan fingerprint density at radius 2 is 1.89 bits per heavy atom. The van der Waals surface area contributed by atoms with Crippen LogP contribution in [0.5, 0.6) is 5.75 Å². The number of hydrogen-bond acceptors (Lipinski definition) is 3. The van der Waals surface area contributed by atoms with E-state index in [-0.39, 0.29) is 23.1 Å². The van der Waals surface area contributed by atoms with Crippen LogP contribution in [-0.4, -0.2) is 17.0 Å². The number of anilines is 1. The standard InChI is InChI=1S/C20H19F3N2O3/c1-10-15-8-13(9-16(10)15)28-17-6-11(20(21,22)23)2-3-14(17)19(27)25-12-4-5-24-18(26)7-12/h2-7,10,13,15-16H,8-9H2,1H3,(H2,24,25,26,27)/t10?,13?,15-,16+. The molecular weight excluding hydrogens is 373 g/mol. The second kappa shape index (κ2) is 6.68. The van der Waals surface area contributed by atoms with Crippen LogP contribution >= 0.6 is 0 Å². The number of alkyl halides is 3. The lowest BCUT2D eigenvalue weighted by Crippen LogP contribution is -2.20. The monoisotopic (exact) mass is 392 g/mol. The molecule has 4 atom stereocenters. The molecule has 0 bridgehead atoms. The highest BCUT2D eigenvalue weighted by molar-refractivity contribution is 6.06. The molecule has 28 heavy (non-hydrogen) atoms. The molecule has 0 saturated heterocycles. The average Bonchev–Trinajstić information content (AvgIpc) is 3.02. The van der Waals surface area contributed by atoms with Gasteiger partial charge in [0.15, 0.2) is 0 Å². The molecule has 8 heteroatoms. The van der Waals surface area contributed by atoms with Crippen molar-refractivity contribution in [1.29, 1.82) is 0 Å². The summed E-state index contributed by atoms with van der Waals surface area (Å²) in [5, 5.41) is 2.53. The van der Waals surface area contributed by atoms with Crippen LogP contribution in [0.3, 0.4) is 0 Å². The summed E-state index contributed by atoms with van der Waals surface area (Å²) in [7, 11) is 0. The van der Waals surface area contributed by atoms with Gasteiger partial charge in [-0.05, 0) is 54.9 Å². The van der Waals surface area contributed by atoms with Crippen molar-refractivity contribution in [1.82, 2.24) is 4.98 Å². The highest BCUT2D eigenvalue weighted by atomic mass is 19.4. The molecule has 1 heterocycles. The third-order valence-electron chi connectivity index (χ3n) is 5.71. The van der Waals surface area contributed by atoms with Crippen molar-refractivity contribution in [3.63, 3.8) is 0 Å². The van der Waals surface area contributed by atoms with Crippen LogP contribution in [0.1, 0.15) is 35.7 Å². The lowest BCUT2D eigenvalue weighted by atomic mass is 10.1. The SMILES string of the molecule is CC1[C@H]2CC(Oc3cc(C(F)(F)F)ccc3C(=O)Nc3cc[nH]c(=O)c3)C[C@@H]12. The molecule has 1 aromatic carbocycles. The minimum Gasteiger partial charge on any atom is -0.490 e. The highest BCUT2D eigenvalue weighted by Crippen LogP contribution is 2.57. The molecule has 0 radical (unpaired) electrons. The van der Waals surface area contributed by atoms with Gasteiger partial charge in [-0.3, -0.25) is 9.59 Å². The van der Waals surface area contributed by atoms with E-state index in [9.17, 15) is 22.8 Å². The quantitative estimate of drug-likeness (QED) is 0.824. The first-order valence-electron chi connectivity index (χ1n) is 9.10. The molecule has 2 aromatic rings. The Balaban J connectivity index is 1.59. The molecular formula is C20H19F3N2O3. The Kier molecular flexibility index (Phi) is 4.44. The van der Waals surface area contributed by atoms with Crippen LogP contribution in [0.2, 0.25) is 0 Å². The number of carbonyl (C=O) groups excluding carboxylic acids is 1. The summed E-state index contributed by atoms with van der Waals surface area (Å²) in [5.41, 5.74) is -1.02. The van der Waals surface area contributed by atoms with Gasteiger partial charge in [-0.2, -0.15) is 13.2 Å². The number of aromatic amines is 1. The van der Waals surface area contributed by atoms with Gasteiger partial charge in [0, 0.05) is 18.0 Å². The van der Waals surface area contributed by atoms with Gasteiger partial charge >= 0.3 is 6.18 Å². The Hall–Kier alpha value is -2.77. The number of hydrogen-bond donors (Lipinski definition) is 2. The van der Waals surface area contributed by atoms with Gasteiger partial charge in [0.25, 0.3) is 5.91 Å². The van der Waals surface area contributed by atoms with Gasteiger partial charge in [0.05, 0.1) is 17.2 Å². The molecule has 2 fully saturated rings. The molecule has 0 aliphatic heterocycles. The number of rotatable bonds is 4. The number of aromatic nitrogens is 1. The van der Waals surface area contributed by atoms with E-state index >= 15 is 0 Å². The van der Waals surface area contributed by atoms with Crippen molar-refractivity contribution >= 4 is 11.6 Å². The van der Waals surface area contributed by atoms with E-state index in [1.54, 1.807) is 0 Å².